The fraction of sp³-hybridized carbons (Fsp3) is 0.0435. The molecule has 0 fully saturated rings. The van der Waals surface area contributed by atoms with Gasteiger partial charge in [0.1, 0.15) is 40.5 Å². The standard InChI is InChI=1S/C23H15F3N2O2S/c24-16-8-5-15(19(26)11-16)12-30-17-9-6-14(7-10-17)23-28-21(13-31-23)22(29)27-20-4-2-1-3-18(20)25/h1-11,13H,12H2,(H,27,29). The van der Waals surface area contributed by atoms with E-state index in [2.05, 4.69) is 10.3 Å². The number of aromatic nitrogens is 1. The molecular weight excluding hydrogens is 425 g/mol. The van der Waals surface area contributed by atoms with Gasteiger partial charge in [0, 0.05) is 22.6 Å². The molecule has 0 spiro atoms. The number of amides is 1. The molecule has 0 bridgehead atoms. The van der Waals surface area contributed by atoms with Crippen LogP contribution in [-0.4, -0.2) is 10.9 Å². The van der Waals surface area contributed by atoms with Gasteiger partial charge in [0.25, 0.3) is 5.91 Å². The molecular formula is C23H15F3N2O2S. The molecule has 8 heteroatoms. The normalized spacial score (nSPS) is 10.7. The van der Waals surface area contributed by atoms with Crippen LogP contribution >= 0.6 is 11.3 Å². The van der Waals surface area contributed by atoms with Crippen molar-refractivity contribution in [2.45, 2.75) is 6.61 Å². The van der Waals surface area contributed by atoms with E-state index >= 15 is 0 Å². The molecule has 0 radical (unpaired) electrons. The van der Waals surface area contributed by atoms with E-state index < -0.39 is 23.4 Å². The van der Waals surface area contributed by atoms with Gasteiger partial charge in [-0.15, -0.1) is 11.3 Å². The minimum atomic E-state index is -0.666. The fourth-order valence-corrected chi connectivity index (χ4v) is 3.56. The summed E-state index contributed by atoms with van der Waals surface area (Å²) in [7, 11) is 0. The average Bonchev–Trinajstić information content (AvgIpc) is 3.26. The number of nitrogens with zero attached hydrogens (tertiary/aromatic N) is 1. The highest BCUT2D eigenvalue weighted by molar-refractivity contribution is 7.13. The molecule has 156 valence electrons. The van der Waals surface area contributed by atoms with Gasteiger partial charge in [-0.2, -0.15) is 0 Å². The van der Waals surface area contributed by atoms with Gasteiger partial charge < -0.3 is 10.1 Å². The summed E-state index contributed by atoms with van der Waals surface area (Å²) >= 11 is 1.27. The Hall–Kier alpha value is -3.65. The number of anilines is 1. The zero-order valence-corrected chi connectivity index (χ0v) is 16.8. The second-order valence-electron chi connectivity index (χ2n) is 6.52. The minimum Gasteiger partial charge on any atom is -0.489 e. The van der Waals surface area contributed by atoms with E-state index in [1.54, 1.807) is 35.7 Å². The number of benzene rings is 3. The lowest BCUT2D eigenvalue weighted by atomic mass is 10.2. The van der Waals surface area contributed by atoms with Crippen molar-refractivity contribution in [1.82, 2.24) is 4.98 Å². The highest BCUT2D eigenvalue weighted by Gasteiger charge is 2.14. The number of carbonyl (C=O) groups excluding carboxylic acids is 1. The Morgan fingerprint density at radius 2 is 1.74 bits per heavy atom. The fourth-order valence-electron chi connectivity index (χ4n) is 2.75. The Labute approximate surface area is 180 Å². The first-order valence-corrected chi connectivity index (χ1v) is 10.1. The molecule has 4 aromatic rings. The maximum Gasteiger partial charge on any atom is 0.275 e. The van der Waals surface area contributed by atoms with Crippen molar-refractivity contribution in [1.29, 1.82) is 0 Å². The summed E-state index contributed by atoms with van der Waals surface area (Å²) in [6, 6.07) is 16.1. The molecule has 0 aliphatic rings. The van der Waals surface area contributed by atoms with Gasteiger partial charge in [-0.1, -0.05) is 12.1 Å². The van der Waals surface area contributed by atoms with Crippen LogP contribution in [0.15, 0.2) is 72.1 Å². The zero-order chi connectivity index (χ0) is 21.8. The van der Waals surface area contributed by atoms with Crippen LogP contribution < -0.4 is 10.1 Å². The Morgan fingerprint density at radius 3 is 2.48 bits per heavy atom. The number of halogens is 3. The van der Waals surface area contributed by atoms with E-state index in [4.69, 9.17) is 4.74 Å². The summed E-state index contributed by atoms with van der Waals surface area (Å²) in [5.41, 5.74) is 1.27. The van der Waals surface area contributed by atoms with Gasteiger partial charge in [0.15, 0.2) is 0 Å². The third kappa shape index (κ3) is 4.92. The Bertz CT molecular complexity index is 1230. The monoisotopic (exact) mass is 440 g/mol. The molecule has 1 aromatic heterocycles. The number of ether oxygens (including phenoxy) is 1. The molecule has 31 heavy (non-hydrogen) atoms. The van der Waals surface area contributed by atoms with Crippen LogP contribution in [0, 0.1) is 17.5 Å². The van der Waals surface area contributed by atoms with Gasteiger partial charge in [0.2, 0.25) is 0 Å². The summed E-state index contributed by atoms with van der Waals surface area (Å²) in [5, 5.41) is 4.69. The van der Waals surface area contributed by atoms with Crippen LogP contribution in [0.2, 0.25) is 0 Å². The lowest BCUT2D eigenvalue weighted by molar-refractivity contribution is 0.102. The zero-order valence-electron chi connectivity index (χ0n) is 15.9. The van der Waals surface area contributed by atoms with Gasteiger partial charge in [0.05, 0.1) is 5.69 Å². The molecule has 4 nitrogen and oxygen atoms in total. The van der Waals surface area contributed by atoms with Crippen LogP contribution in [0.5, 0.6) is 5.75 Å². The molecule has 0 unspecified atom stereocenters. The van der Waals surface area contributed by atoms with Crippen molar-refractivity contribution in [2.24, 2.45) is 0 Å². The van der Waals surface area contributed by atoms with Crippen LogP contribution in [0.1, 0.15) is 16.1 Å². The van der Waals surface area contributed by atoms with Crippen molar-refractivity contribution < 1.29 is 22.7 Å². The van der Waals surface area contributed by atoms with Crippen LogP contribution in [-0.2, 0) is 6.61 Å². The van der Waals surface area contributed by atoms with Crippen LogP contribution in [0.25, 0.3) is 10.6 Å². The van der Waals surface area contributed by atoms with E-state index in [0.717, 1.165) is 11.6 Å². The third-order valence-electron chi connectivity index (χ3n) is 4.37. The maximum atomic E-state index is 13.7. The summed E-state index contributed by atoms with van der Waals surface area (Å²) in [6.45, 7) is -0.0386. The number of para-hydroxylation sites is 1. The molecule has 0 atom stereocenters. The van der Waals surface area contributed by atoms with E-state index in [0.29, 0.717) is 10.8 Å². The maximum absolute atomic E-state index is 13.7. The number of hydrogen-bond donors (Lipinski definition) is 1. The Kier molecular flexibility index (Phi) is 5.99. The largest absolute Gasteiger partial charge is 0.489 e. The SMILES string of the molecule is O=C(Nc1ccccc1F)c1csc(-c2ccc(OCc3ccc(F)cc3F)cc2)n1. The molecule has 3 aromatic carbocycles. The summed E-state index contributed by atoms with van der Waals surface area (Å²) in [4.78, 5) is 16.6. The first-order valence-electron chi connectivity index (χ1n) is 9.18. The molecule has 0 saturated carbocycles. The number of hydrogen-bond acceptors (Lipinski definition) is 4. The van der Waals surface area contributed by atoms with Crippen molar-refractivity contribution in [2.75, 3.05) is 5.32 Å². The van der Waals surface area contributed by atoms with E-state index in [1.807, 2.05) is 0 Å². The van der Waals surface area contributed by atoms with Crippen molar-refractivity contribution in [3.8, 4) is 16.3 Å². The summed E-state index contributed by atoms with van der Waals surface area (Å²) in [6.07, 6.45) is 0. The second-order valence-corrected chi connectivity index (χ2v) is 7.38. The van der Waals surface area contributed by atoms with E-state index in [1.165, 1.54) is 41.7 Å². The number of thiazole rings is 1. The highest BCUT2D eigenvalue weighted by Crippen LogP contribution is 2.27. The Morgan fingerprint density at radius 1 is 0.968 bits per heavy atom. The minimum absolute atomic E-state index is 0.0386. The van der Waals surface area contributed by atoms with Gasteiger partial charge >= 0.3 is 0 Å². The molecule has 0 aliphatic carbocycles. The lowest BCUT2D eigenvalue weighted by Crippen LogP contribution is -2.13. The Balaban J connectivity index is 1.41. The second kappa shape index (κ2) is 9.01. The van der Waals surface area contributed by atoms with E-state index in [-0.39, 0.29) is 23.6 Å². The van der Waals surface area contributed by atoms with Gasteiger partial charge in [-0.05, 0) is 48.5 Å². The predicted molar refractivity (Wildman–Crippen MR) is 113 cm³/mol. The quantitative estimate of drug-likeness (QED) is 0.397. The first kappa shape index (κ1) is 20.6. The molecule has 1 N–H and O–H groups in total. The van der Waals surface area contributed by atoms with Crippen LogP contribution in [0.4, 0.5) is 18.9 Å². The molecule has 1 amide bonds. The van der Waals surface area contributed by atoms with Crippen LogP contribution in [0.3, 0.4) is 0 Å². The predicted octanol–water partition coefficient (Wildman–Crippen LogP) is 6.06. The lowest BCUT2D eigenvalue weighted by Gasteiger charge is -2.08. The van der Waals surface area contributed by atoms with Gasteiger partial charge in [-0.25, -0.2) is 18.2 Å². The van der Waals surface area contributed by atoms with Crippen molar-refractivity contribution in [3.63, 3.8) is 0 Å². The number of nitrogens with one attached hydrogen (secondary N) is 1. The highest BCUT2D eigenvalue weighted by atomic mass is 32.1. The van der Waals surface area contributed by atoms with Crippen molar-refractivity contribution in [3.05, 3.63) is 101 Å². The number of rotatable bonds is 6. The summed E-state index contributed by atoms with van der Waals surface area (Å²) in [5.74, 6) is -1.84. The average molecular weight is 440 g/mol. The first-order chi connectivity index (χ1) is 15.0. The molecule has 1 heterocycles. The summed E-state index contributed by atoms with van der Waals surface area (Å²) < 4.78 is 45.9. The smallest absolute Gasteiger partial charge is 0.275 e. The van der Waals surface area contributed by atoms with Crippen molar-refractivity contribution >= 4 is 22.9 Å². The van der Waals surface area contributed by atoms with Gasteiger partial charge in [-0.3, -0.25) is 4.79 Å². The van der Waals surface area contributed by atoms with E-state index in [9.17, 15) is 18.0 Å². The molecule has 0 saturated heterocycles. The molecule has 4 rings (SSSR count). The topological polar surface area (TPSA) is 51.2 Å². The molecule has 0 aliphatic heterocycles. The number of carbonyl (C=O) groups is 1. The third-order valence-corrected chi connectivity index (χ3v) is 5.26.